The number of benzene rings is 2. The largest absolute Gasteiger partial charge is 0.495 e. The number of methoxy groups -OCH3 is 1. The maximum absolute atomic E-state index is 13.3. The highest BCUT2D eigenvalue weighted by Crippen LogP contribution is 2.40. The average molecular weight is 623 g/mol. The number of rotatable bonds is 8. The van der Waals surface area contributed by atoms with Crippen molar-refractivity contribution in [3.63, 3.8) is 0 Å². The van der Waals surface area contributed by atoms with Crippen molar-refractivity contribution in [3.05, 3.63) is 63.8 Å². The van der Waals surface area contributed by atoms with Gasteiger partial charge in [-0.15, -0.1) is 0 Å². The van der Waals surface area contributed by atoms with Gasteiger partial charge in [-0.3, -0.25) is 9.69 Å². The molecule has 3 aliphatic heterocycles. The van der Waals surface area contributed by atoms with E-state index in [2.05, 4.69) is 25.5 Å². The van der Waals surface area contributed by atoms with E-state index < -0.39 is 6.23 Å². The Morgan fingerprint density at radius 3 is 2.66 bits per heavy atom. The molecule has 0 radical (unpaired) electrons. The summed E-state index contributed by atoms with van der Waals surface area (Å²) in [5.41, 5.74) is 3.61. The van der Waals surface area contributed by atoms with Crippen LogP contribution in [0.4, 0.5) is 11.6 Å². The van der Waals surface area contributed by atoms with Crippen molar-refractivity contribution in [2.75, 3.05) is 45.8 Å². The van der Waals surface area contributed by atoms with Crippen molar-refractivity contribution in [2.45, 2.75) is 57.5 Å². The van der Waals surface area contributed by atoms with Crippen LogP contribution < -0.4 is 20.1 Å². The third kappa shape index (κ3) is 6.47. The molecule has 6 rings (SSSR count). The Morgan fingerprint density at radius 2 is 1.91 bits per heavy atom. The molecule has 1 aromatic heterocycles. The van der Waals surface area contributed by atoms with Gasteiger partial charge in [0.25, 0.3) is 5.91 Å². The number of aryl methyl sites for hydroxylation is 1. The van der Waals surface area contributed by atoms with E-state index >= 15 is 0 Å². The number of hydrogen-bond donors (Lipinski definition) is 3. The highest BCUT2D eigenvalue weighted by Gasteiger charge is 2.30. The molecule has 0 saturated carbocycles. The van der Waals surface area contributed by atoms with Gasteiger partial charge in [0.1, 0.15) is 22.7 Å². The maximum Gasteiger partial charge on any atom is 0.251 e. The number of nitrogens with one attached hydrogen (secondary N) is 2. The van der Waals surface area contributed by atoms with Crippen LogP contribution in [0.1, 0.15) is 59.0 Å². The molecule has 3 aromatic rings. The van der Waals surface area contributed by atoms with E-state index in [1.807, 2.05) is 37.1 Å². The molecule has 1 atom stereocenters. The van der Waals surface area contributed by atoms with Gasteiger partial charge < -0.3 is 34.9 Å². The summed E-state index contributed by atoms with van der Waals surface area (Å²) in [6, 6.07) is 9.91. The Balaban J connectivity index is 1.13. The molecule has 3 aliphatic rings. The van der Waals surface area contributed by atoms with Crippen LogP contribution >= 0.6 is 11.6 Å². The molecule has 12 heteroatoms. The third-order valence-electron chi connectivity index (χ3n) is 8.78. The van der Waals surface area contributed by atoms with Gasteiger partial charge >= 0.3 is 0 Å². The van der Waals surface area contributed by atoms with Crippen molar-refractivity contribution >= 4 is 29.1 Å². The zero-order valence-corrected chi connectivity index (χ0v) is 26.1. The lowest BCUT2D eigenvalue weighted by Gasteiger charge is -2.39. The smallest absolute Gasteiger partial charge is 0.251 e. The number of carbonyl (C=O) groups is 1. The quantitative estimate of drug-likeness (QED) is 0.323. The Labute approximate surface area is 262 Å². The fraction of sp³-hybridized carbons (Fsp3) is 0.469. The molecular weight excluding hydrogens is 584 g/mol. The number of piperidine rings is 1. The van der Waals surface area contributed by atoms with Gasteiger partial charge in [-0.05, 0) is 69.0 Å². The van der Waals surface area contributed by atoms with Crippen LogP contribution in [-0.4, -0.2) is 83.3 Å². The van der Waals surface area contributed by atoms with Crippen LogP contribution in [0.25, 0.3) is 0 Å². The highest BCUT2D eigenvalue weighted by molar-refractivity contribution is 6.31. The third-order valence-corrected chi connectivity index (χ3v) is 9.04. The molecule has 3 N–H and O–H groups in total. The number of anilines is 2. The first-order valence-electron chi connectivity index (χ1n) is 15.1. The summed E-state index contributed by atoms with van der Waals surface area (Å²) in [5, 5.41) is 17.3. The summed E-state index contributed by atoms with van der Waals surface area (Å²) in [5.74, 6) is 1.22. The topological polar surface area (TPSA) is 121 Å². The number of aliphatic hydroxyl groups excluding tert-OH is 1. The predicted molar refractivity (Wildman–Crippen MR) is 167 cm³/mol. The normalized spacial score (nSPS) is 19.9. The number of likely N-dealkylation sites (tertiary alicyclic amines) is 1. The van der Waals surface area contributed by atoms with Gasteiger partial charge in [0.05, 0.1) is 19.0 Å². The predicted octanol–water partition coefficient (Wildman–Crippen LogP) is 4.79. The molecule has 0 bridgehead atoms. The number of halogens is 1. The SMILES string of the molecule is COc1cc(C(=O)NC2CCN(C3CCOCC3)CC2)c(C)cc1Nc1ncc(Cl)c(Oc2cccc3c2C(O)N(C)C3)n1. The molecule has 1 unspecified atom stereocenters. The van der Waals surface area contributed by atoms with Gasteiger partial charge in [0.2, 0.25) is 11.8 Å². The number of nitrogens with zero attached hydrogens (tertiary/aromatic N) is 4. The molecule has 234 valence electrons. The first-order valence-corrected chi connectivity index (χ1v) is 15.5. The van der Waals surface area contributed by atoms with E-state index in [1.165, 1.54) is 6.20 Å². The molecule has 44 heavy (non-hydrogen) atoms. The van der Waals surface area contributed by atoms with Crippen molar-refractivity contribution in [2.24, 2.45) is 0 Å². The summed E-state index contributed by atoms with van der Waals surface area (Å²) in [6.07, 6.45) is 4.70. The Hall–Kier alpha value is -3.48. The lowest BCUT2D eigenvalue weighted by atomic mass is 9.99. The van der Waals surface area contributed by atoms with Gasteiger partial charge in [0, 0.05) is 56.1 Å². The monoisotopic (exact) mass is 622 g/mol. The van der Waals surface area contributed by atoms with E-state index in [4.69, 9.17) is 25.8 Å². The van der Waals surface area contributed by atoms with E-state index in [0.717, 1.165) is 63.1 Å². The van der Waals surface area contributed by atoms with Crippen molar-refractivity contribution in [1.82, 2.24) is 25.1 Å². The maximum atomic E-state index is 13.3. The summed E-state index contributed by atoms with van der Waals surface area (Å²) in [4.78, 5) is 26.5. The summed E-state index contributed by atoms with van der Waals surface area (Å²) < 4.78 is 17.3. The lowest BCUT2D eigenvalue weighted by molar-refractivity contribution is 0.0238. The van der Waals surface area contributed by atoms with Gasteiger partial charge in [0.15, 0.2) is 0 Å². The van der Waals surface area contributed by atoms with Gasteiger partial charge in [-0.25, -0.2) is 4.98 Å². The molecule has 1 amide bonds. The second kappa shape index (κ2) is 13.3. The molecule has 2 aromatic carbocycles. The molecule has 11 nitrogen and oxygen atoms in total. The summed E-state index contributed by atoms with van der Waals surface area (Å²) in [6.45, 7) is 6.15. The number of aromatic nitrogens is 2. The van der Waals surface area contributed by atoms with Crippen molar-refractivity contribution in [1.29, 1.82) is 0 Å². The standard InChI is InChI=1S/C32H39ClN6O5/c1-19-15-25(27(42-3)16-23(19)29(40)35-21-7-11-39(12-8-21)22-9-13-43-14-10-22)36-32-34-17-24(33)30(37-32)44-26-6-4-5-20-18-38(2)31(41)28(20)26/h4-6,15-17,21-22,31,41H,7-14,18H2,1-3H3,(H,35,40)(H,34,36,37). The number of fused-ring (bicyclic) bond motifs is 1. The zero-order chi connectivity index (χ0) is 30.8. The van der Waals surface area contributed by atoms with Crippen molar-refractivity contribution < 1.29 is 24.1 Å². The molecule has 2 saturated heterocycles. The lowest BCUT2D eigenvalue weighted by Crippen LogP contribution is -2.49. The Bertz CT molecular complexity index is 1510. The number of ether oxygens (including phenoxy) is 3. The van der Waals surface area contributed by atoms with Crippen LogP contribution in [0.5, 0.6) is 17.4 Å². The van der Waals surface area contributed by atoms with Crippen LogP contribution in [0.2, 0.25) is 5.02 Å². The Kier molecular flexibility index (Phi) is 9.20. The molecule has 0 spiro atoms. The number of aliphatic hydroxyl groups is 1. The van der Waals surface area contributed by atoms with Gasteiger partial charge in [-0.1, -0.05) is 23.7 Å². The zero-order valence-electron chi connectivity index (χ0n) is 25.3. The second-order valence-corrected chi connectivity index (χ2v) is 12.1. The molecular formula is C32H39ClN6O5. The summed E-state index contributed by atoms with van der Waals surface area (Å²) >= 11 is 6.40. The number of amides is 1. The van der Waals surface area contributed by atoms with E-state index in [9.17, 15) is 9.90 Å². The van der Waals surface area contributed by atoms with E-state index in [-0.39, 0.29) is 28.8 Å². The van der Waals surface area contributed by atoms with Crippen LogP contribution in [-0.2, 0) is 11.3 Å². The first kappa shape index (κ1) is 30.5. The Morgan fingerprint density at radius 1 is 1.14 bits per heavy atom. The fourth-order valence-electron chi connectivity index (χ4n) is 6.31. The minimum absolute atomic E-state index is 0.112. The first-order chi connectivity index (χ1) is 21.3. The van der Waals surface area contributed by atoms with Gasteiger partial charge in [-0.2, -0.15) is 4.98 Å². The number of carbonyl (C=O) groups excluding carboxylic acids is 1. The van der Waals surface area contributed by atoms with Crippen LogP contribution in [0.3, 0.4) is 0 Å². The minimum Gasteiger partial charge on any atom is -0.495 e. The van der Waals surface area contributed by atoms with Crippen LogP contribution in [0.15, 0.2) is 36.5 Å². The van der Waals surface area contributed by atoms with Crippen molar-refractivity contribution in [3.8, 4) is 17.4 Å². The minimum atomic E-state index is -0.785. The van der Waals surface area contributed by atoms with E-state index in [0.29, 0.717) is 40.9 Å². The molecule has 2 fully saturated rings. The van der Waals surface area contributed by atoms with Crippen LogP contribution in [0, 0.1) is 6.92 Å². The molecule has 4 heterocycles. The van der Waals surface area contributed by atoms with E-state index in [1.54, 1.807) is 19.2 Å². The fourth-order valence-corrected chi connectivity index (χ4v) is 6.44. The average Bonchev–Trinajstić information content (AvgIpc) is 3.33. The second-order valence-electron chi connectivity index (χ2n) is 11.7. The molecule has 0 aliphatic carbocycles. The highest BCUT2D eigenvalue weighted by atomic mass is 35.5. The summed E-state index contributed by atoms with van der Waals surface area (Å²) in [7, 11) is 3.40. The number of hydrogen-bond acceptors (Lipinski definition) is 10.